The number of rotatable bonds is 3. The Morgan fingerprint density at radius 2 is 2.08 bits per heavy atom. The first-order valence-electron chi connectivity index (χ1n) is 7.79. The van der Waals surface area contributed by atoms with Crippen molar-refractivity contribution in [3.63, 3.8) is 0 Å². The quantitative estimate of drug-likeness (QED) is 0.927. The molecule has 6 heteroatoms. The lowest BCUT2D eigenvalue weighted by Crippen LogP contribution is -2.42. The fraction of sp³-hybridized carbons (Fsp3) is 0.278. The van der Waals surface area contributed by atoms with Gasteiger partial charge in [0.15, 0.2) is 0 Å². The molecule has 1 fully saturated rings. The first-order chi connectivity index (χ1) is 11.6. The van der Waals surface area contributed by atoms with Crippen LogP contribution in [0, 0.1) is 5.92 Å². The van der Waals surface area contributed by atoms with Crippen LogP contribution in [-0.2, 0) is 4.79 Å². The molecule has 24 heavy (non-hydrogen) atoms. The van der Waals surface area contributed by atoms with Crippen molar-refractivity contribution in [1.82, 2.24) is 9.88 Å². The summed E-state index contributed by atoms with van der Waals surface area (Å²) in [5, 5.41) is 9.54. The van der Waals surface area contributed by atoms with Crippen molar-refractivity contribution in [1.29, 1.82) is 0 Å². The van der Waals surface area contributed by atoms with Crippen LogP contribution in [0.1, 0.15) is 23.2 Å². The van der Waals surface area contributed by atoms with Crippen LogP contribution in [-0.4, -0.2) is 40.0 Å². The van der Waals surface area contributed by atoms with E-state index in [-0.39, 0.29) is 12.5 Å². The normalized spacial score (nSPS) is 17.5. The summed E-state index contributed by atoms with van der Waals surface area (Å²) in [7, 11) is 0. The highest BCUT2D eigenvalue weighted by Crippen LogP contribution is 2.27. The number of hydrogen-bond donors (Lipinski definition) is 1. The predicted molar refractivity (Wildman–Crippen MR) is 90.9 cm³/mol. The smallest absolute Gasteiger partial charge is 0.308 e. The zero-order valence-electron chi connectivity index (χ0n) is 13.0. The predicted octanol–water partition coefficient (Wildman–Crippen LogP) is 3.34. The minimum atomic E-state index is -0.860. The zero-order chi connectivity index (χ0) is 17.1. The summed E-state index contributed by atoms with van der Waals surface area (Å²) >= 11 is 6.21. The third-order valence-corrected chi connectivity index (χ3v) is 4.54. The second-order valence-electron chi connectivity index (χ2n) is 5.84. The Hall–Kier alpha value is -2.40. The molecule has 1 aromatic heterocycles. The van der Waals surface area contributed by atoms with E-state index in [4.69, 9.17) is 11.6 Å². The van der Waals surface area contributed by atoms with E-state index in [0.29, 0.717) is 30.0 Å². The van der Waals surface area contributed by atoms with Crippen LogP contribution in [0.3, 0.4) is 0 Å². The number of pyridine rings is 1. The van der Waals surface area contributed by atoms with Gasteiger partial charge in [-0.05, 0) is 37.1 Å². The molecule has 1 aromatic carbocycles. The molecule has 2 heterocycles. The van der Waals surface area contributed by atoms with Gasteiger partial charge in [-0.15, -0.1) is 0 Å². The standard InChI is InChI=1S/C18H17ClN2O3/c19-15-7-6-12(16-5-1-2-8-20-16)10-14(15)17(22)21-9-3-4-13(11-21)18(23)24/h1-2,5-8,10,13H,3-4,9,11H2,(H,23,24)/t13-/m0/s1. The second-order valence-corrected chi connectivity index (χ2v) is 6.25. The average Bonchev–Trinajstić information content (AvgIpc) is 2.62. The van der Waals surface area contributed by atoms with Gasteiger partial charge in [0.25, 0.3) is 5.91 Å². The van der Waals surface area contributed by atoms with Crippen LogP contribution in [0.2, 0.25) is 5.02 Å². The molecule has 0 aliphatic carbocycles. The first-order valence-corrected chi connectivity index (χ1v) is 8.17. The van der Waals surface area contributed by atoms with Gasteiger partial charge >= 0.3 is 5.97 Å². The fourth-order valence-electron chi connectivity index (χ4n) is 2.92. The molecule has 1 atom stereocenters. The van der Waals surface area contributed by atoms with Gasteiger partial charge in [0.2, 0.25) is 0 Å². The summed E-state index contributed by atoms with van der Waals surface area (Å²) in [5.74, 6) is -1.61. The largest absolute Gasteiger partial charge is 0.481 e. The van der Waals surface area contributed by atoms with Gasteiger partial charge < -0.3 is 10.0 Å². The number of aliphatic carboxylic acids is 1. The number of amides is 1. The highest BCUT2D eigenvalue weighted by atomic mass is 35.5. The molecular weight excluding hydrogens is 328 g/mol. The highest BCUT2D eigenvalue weighted by Gasteiger charge is 2.29. The minimum Gasteiger partial charge on any atom is -0.481 e. The number of carboxylic acids is 1. The van der Waals surface area contributed by atoms with Crippen LogP contribution >= 0.6 is 11.6 Å². The second kappa shape index (κ2) is 7.01. The fourth-order valence-corrected chi connectivity index (χ4v) is 3.11. The summed E-state index contributed by atoms with van der Waals surface area (Å²) < 4.78 is 0. The SMILES string of the molecule is O=C(O)[C@H]1CCCN(C(=O)c2cc(-c3ccccn3)ccc2Cl)C1. The molecule has 1 aliphatic rings. The number of hydrogen-bond acceptors (Lipinski definition) is 3. The lowest BCUT2D eigenvalue weighted by Gasteiger charge is -2.31. The Balaban J connectivity index is 1.88. The number of carbonyl (C=O) groups excluding carboxylic acids is 1. The first kappa shape index (κ1) is 16.5. The van der Waals surface area contributed by atoms with Crippen LogP contribution in [0.25, 0.3) is 11.3 Å². The van der Waals surface area contributed by atoms with Gasteiger partial charge in [-0.25, -0.2) is 0 Å². The number of carbonyl (C=O) groups is 2. The number of piperidine rings is 1. The van der Waals surface area contributed by atoms with Crippen LogP contribution in [0.4, 0.5) is 0 Å². The van der Waals surface area contributed by atoms with Crippen molar-refractivity contribution in [2.45, 2.75) is 12.8 Å². The highest BCUT2D eigenvalue weighted by molar-refractivity contribution is 6.34. The van der Waals surface area contributed by atoms with E-state index in [1.54, 1.807) is 23.2 Å². The van der Waals surface area contributed by atoms with Crippen molar-refractivity contribution in [2.24, 2.45) is 5.92 Å². The van der Waals surface area contributed by atoms with Crippen LogP contribution < -0.4 is 0 Å². The number of carboxylic acid groups (broad SMARTS) is 1. The molecule has 2 aromatic rings. The Bertz CT molecular complexity index is 764. The number of halogens is 1. The van der Waals surface area contributed by atoms with Crippen molar-refractivity contribution < 1.29 is 14.7 Å². The molecule has 124 valence electrons. The molecule has 0 bridgehead atoms. The molecule has 3 rings (SSSR count). The van der Waals surface area contributed by atoms with Crippen molar-refractivity contribution in [3.05, 3.63) is 53.2 Å². The maximum Gasteiger partial charge on any atom is 0.308 e. The van der Waals surface area contributed by atoms with Gasteiger partial charge in [0.1, 0.15) is 0 Å². The monoisotopic (exact) mass is 344 g/mol. The molecule has 1 saturated heterocycles. The van der Waals surface area contributed by atoms with E-state index < -0.39 is 11.9 Å². The molecule has 0 radical (unpaired) electrons. The van der Waals surface area contributed by atoms with Gasteiger partial charge in [-0.3, -0.25) is 14.6 Å². The molecule has 1 N–H and O–H groups in total. The molecular formula is C18H17ClN2O3. The maximum atomic E-state index is 12.8. The summed E-state index contributed by atoms with van der Waals surface area (Å²) in [6.07, 6.45) is 2.97. The lowest BCUT2D eigenvalue weighted by molar-refractivity contribution is -0.143. The maximum absolute atomic E-state index is 12.8. The number of likely N-dealkylation sites (tertiary alicyclic amines) is 1. The van der Waals surface area contributed by atoms with Gasteiger partial charge in [0.05, 0.1) is 22.2 Å². The van der Waals surface area contributed by atoms with Gasteiger partial charge in [-0.1, -0.05) is 23.7 Å². The summed E-state index contributed by atoms with van der Waals surface area (Å²) in [4.78, 5) is 29.8. The number of aromatic nitrogens is 1. The Morgan fingerprint density at radius 1 is 1.25 bits per heavy atom. The van der Waals surface area contributed by atoms with Crippen molar-refractivity contribution in [3.8, 4) is 11.3 Å². The topological polar surface area (TPSA) is 70.5 Å². The molecule has 0 spiro atoms. The molecule has 1 aliphatic heterocycles. The van der Waals surface area contributed by atoms with E-state index in [9.17, 15) is 14.7 Å². The lowest BCUT2D eigenvalue weighted by atomic mass is 9.97. The summed E-state index contributed by atoms with van der Waals surface area (Å²) in [6, 6.07) is 10.8. The van der Waals surface area contributed by atoms with Crippen LogP contribution in [0.15, 0.2) is 42.6 Å². The Labute approximate surface area is 144 Å². The molecule has 0 unspecified atom stereocenters. The van der Waals surface area contributed by atoms with E-state index in [1.165, 1.54) is 0 Å². The number of benzene rings is 1. The van der Waals surface area contributed by atoms with E-state index >= 15 is 0 Å². The average molecular weight is 345 g/mol. The van der Waals surface area contributed by atoms with Gasteiger partial charge in [0, 0.05) is 24.8 Å². The minimum absolute atomic E-state index is 0.221. The summed E-state index contributed by atoms with van der Waals surface area (Å²) in [5.41, 5.74) is 1.94. The van der Waals surface area contributed by atoms with E-state index in [1.807, 2.05) is 24.3 Å². The van der Waals surface area contributed by atoms with E-state index in [2.05, 4.69) is 4.98 Å². The Morgan fingerprint density at radius 3 is 2.79 bits per heavy atom. The number of nitrogens with zero attached hydrogens (tertiary/aromatic N) is 2. The van der Waals surface area contributed by atoms with Crippen LogP contribution in [0.5, 0.6) is 0 Å². The third kappa shape index (κ3) is 3.41. The Kier molecular flexibility index (Phi) is 4.81. The molecule has 5 nitrogen and oxygen atoms in total. The molecule has 0 saturated carbocycles. The molecule has 1 amide bonds. The van der Waals surface area contributed by atoms with E-state index in [0.717, 1.165) is 11.3 Å². The zero-order valence-corrected chi connectivity index (χ0v) is 13.7. The van der Waals surface area contributed by atoms with Gasteiger partial charge in [-0.2, -0.15) is 0 Å². The van der Waals surface area contributed by atoms with Crippen molar-refractivity contribution in [2.75, 3.05) is 13.1 Å². The van der Waals surface area contributed by atoms with Crippen molar-refractivity contribution >= 4 is 23.5 Å². The summed E-state index contributed by atoms with van der Waals surface area (Å²) in [6.45, 7) is 0.769. The third-order valence-electron chi connectivity index (χ3n) is 4.22.